The van der Waals surface area contributed by atoms with Crippen LogP contribution in [0.2, 0.25) is 10.0 Å². The van der Waals surface area contributed by atoms with Crippen molar-refractivity contribution in [1.29, 1.82) is 5.41 Å². The van der Waals surface area contributed by atoms with Crippen LogP contribution in [0.25, 0.3) is 22.6 Å². The topological polar surface area (TPSA) is 166 Å². The molecule has 0 aliphatic carbocycles. The Morgan fingerprint density at radius 1 is 1.16 bits per heavy atom. The van der Waals surface area contributed by atoms with Gasteiger partial charge in [0.1, 0.15) is 6.54 Å². The fraction of sp³-hybridized carbons (Fsp3) is 0.391. The molecule has 1 fully saturated rings. The number of nitrogens with zero attached hydrogens (tertiary/aromatic N) is 7. The maximum Gasteiger partial charge on any atom is 0.332 e. The fourth-order valence-electron chi connectivity index (χ4n) is 4.55. The van der Waals surface area contributed by atoms with Crippen LogP contribution in [0.15, 0.2) is 32.2 Å². The van der Waals surface area contributed by atoms with Crippen LogP contribution in [-0.2, 0) is 20.6 Å². The normalized spacial score (nSPS) is 14.4. The molecule has 13 nitrogen and oxygen atoms in total. The Labute approximate surface area is 226 Å². The molecule has 0 bridgehead atoms. The van der Waals surface area contributed by atoms with Crippen molar-refractivity contribution in [2.24, 2.45) is 25.7 Å². The minimum Gasteiger partial charge on any atom is -0.419 e. The average Bonchev–Trinajstić information content (AvgIpc) is 3.52. The van der Waals surface area contributed by atoms with Gasteiger partial charge in [0, 0.05) is 39.3 Å². The first-order valence-corrected chi connectivity index (χ1v) is 12.7. The van der Waals surface area contributed by atoms with Crippen LogP contribution in [0.5, 0.6) is 0 Å². The second kappa shape index (κ2) is 10.1. The number of fused-ring (bicyclic) bond motifs is 1. The van der Waals surface area contributed by atoms with E-state index < -0.39 is 11.2 Å². The first-order chi connectivity index (χ1) is 18.1. The van der Waals surface area contributed by atoms with Gasteiger partial charge in [0.2, 0.25) is 17.7 Å². The van der Waals surface area contributed by atoms with E-state index in [0.717, 1.165) is 17.4 Å². The molecule has 38 heavy (non-hydrogen) atoms. The van der Waals surface area contributed by atoms with Gasteiger partial charge in [-0.2, -0.15) is 4.98 Å². The third kappa shape index (κ3) is 4.74. The van der Waals surface area contributed by atoms with Gasteiger partial charge in [-0.05, 0) is 37.0 Å². The third-order valence-corrected chi connectivity index (χ3v) is 7.52. The molecule has 4 aromatic rings. The molecule has 0 unspecified atom stereocenters. The molecule has 3 aromatic heterocycles. The van der Waals surface area contributed by atoms with Crippen LogP contribution in [0.3, 0.4) is 0 Å². The molecular formula is C23H26Cl2N10O3. The van der Waals surface area contributed by atoms with E-state index in [4.69, 9.17) is 38.8 Å². The molecule has 15 heteroatoms. The summed E-state index contributed by atoms with van der Waals surface area (Å²) in [5.74, 6) is 1.28. The van der Waals surface area contributed by atoms with E-state index in [2.05, 4.69) is 20.5 Å². The zero-order chi connectivity index (χ0) is 27.1. The highest BCUT2D eigenvalue weighted by atomic mass is 35.5. The number of nitrogens with one attached hydrogen (secondary N) is 2. The van der Waals surface area contributed by atoms with Crippen molar-refractivity contribution in [3.63, 3.8) is 0 Å². The summed E-state index contributed by atoms with van der Waals surface area (Å²) in [5, 5.41) is 20.0. The number of hydrogen-bond acceptors (Lipinski definition) is 8. The van der Waals surface area contributed by atoms with E-state index in [-0.39, 0.29) is 35.4 Å². The second-order valence-corrected chi connectivity index (χ2v) is 10.0. The van der Waals surface area contributed by atoms with Crippen molar-refractivity contribution in [3.05, 3.63) is 55.0 Å². The average molecular weight is 561 g/mol. The van der Waals surface area contributed by atoms with Crippen molar-refractivity contribution < 1.29 is 4.42 Å². The quantitative estimate of drug-likeness (QED) is 0.235. The molecule has 4 heterocycles. The second-order valence-electron chi connectivity index (χ2n) is 9.23. The Morgan fingerprint density at radius 3 is 2.58 bits per heavy atom. The number of aromatic nitrogens is 6. The Bertz CT molecular complexity index is 1650. The van der Waals surface area contributed by atoms with Crippen LogP contribution in [0.4, 0.5) is 5.95 Å². The summed E-state index contributed by atoms with van der Waals surface area (Å²) in [6, 6.07) is 4.98. The van der Waals surface area contributed by atoms with Gasteiger partial charge < -0.3 is 20.4 Å². The van der Waals surface area contributed by atoms with Gasteiger partial charge in [0.05, 0.1) is 10.0 Å². The molecule has 1 aliphatic heterocycles. The molecule has 0 saturated carbocycles. The van der Waals surface area contributed by atoms with Gasteiger partial charge >= 0.3 is 5.69 Å². The van der Waals surface area contributed by atoms with Crippen LogP contribution < -0.4 is 22.3 Å². The molecular weight excluding hydrogens is 535 g/mol. The zero-order valence-corrected chi connectivity index (χ0v) is 22.3. The van der Waals surface area contributed by atoms with Crippen molar-refractivity contribution in [2.45, 2.75) is 19.4 Å². The van der Waals surface area contributed by atoms with E-state index in [1.54, 1.807) is 29.8 Å². The summed E-state index contributed by atoms with van der Waals surface area (Å²) in [6.07, 6.45) is 1.70. The highest BCUT2D eigenvalue weighted by Crippen LogP contribution is 2.28. The highest BCUT2D eigenvalue weighted by Gasteiger charge is 2.24. The predicted molar refractivity (Wildman–Crippen MR) is 144 cm³/mol. The van der Waals surface area contributed by atoms with E-state index in [1.165, 1.54) is 11.6 Å². The molecule has 1 aliphatic rings. The number of aryl methyl sites for hydroxylation is 1. The number of imidazole rings is 1. The lowest BCUT2D eigenvalue weighted by molar-refractivity contribution is 0.271. The number of piperidine rings is 1. The number of halogens is 2. The van der Waals surface area contributed by atoms with Crippen molar-refractivity contribution in [2.75, 3.05) is 25.0 Å². The Kier molecular flexibility index (Phi) is 6.88. The van der Waals surface area contributed by atoms with Crippen LogP contribution >= 0.6 is 23.2 Å². The number of benzene rings is 1. The Balaban J connectivity index is 1.47. The number of guanidine groups is 1. The molecule has 1 aromatic carbocycles. The summed E-state index contributed by atoms with van der Waals surface area (Å²) in [7, 11) is 2.99. The largest absolute Gasteiger partial charge is 0.419 e. The van der Waals surface area contributed by atoms with Gasteiger partial charge in [0.15, 0.2) is 17.1 Å². The third-order valence-electron chi connectivity index (χ3n) is 6.78. The maximum atomic E-state index is 13.2. The predicted octanol–water partition coefficient (Wildman–Crippen LogP) is 1.86. The number of hydrogen-bond donors (Lipinski definition) is 3. The van der Waals surface area contributed by atoms with Gasteiger partial charge in [0.25, 0.3) is 5.56 Å². The van der Waals surface area contributed by atoms with E-state index in [9.17, 15) is 9.59 Å². The summed E-state index contributed by atoms with van der Waals surface area (Å²) >= 11 is 12.1. The van der Waals surface area contributed by atoms with Gasteiger partial charge in [-0.1, -0.05) is 23.2 Å². The van der Waals surface area contributed by atoms with Gasteiger partial charge in [-0.15, -0.1) is 10.2 Å². The molecule has 0 amide bonds. The van der Waals surface area contributed by atoms with Crippen molar-refractivity contribution in [1.82, 2.24) is 33.8 Å². The van der Waals surface area contributed by atoms with E-state index >= 15 is 0 Å². The number of anilines is 1. The van der Waals surface area contributed by atoms with Gasteiger partial charge in [-0.25, -0.2) is 4.79 Å². The molecule has 4 N–H and O–H groups in total. The van der Waals surface area contributed by atoms with Crippen LogP contribution in [0, 0.1) is 11.3 Å². The molecule has 200 valence electrons. The molecule has 0 spiro atoms. The Morgan fingerprint density at radius 2 is 1.89 bits per heavy atom. The highest BCUT2D eigenvalue weighted by molar-refractivity contribution is 6.42. The Hall–Kier alpha value is -3.84. The lowest BCUT2D eigenvalue weighted by Crippen LogP contribution is -2.43. The lowest BCUT2D eigenvalue weighted by atomic mass is 9.97. The minimum absolute atomic E-state index is 0.0450. The SMILES string of the molecule is Cn1c(=O)c2c(nc(NCC3CCN(C(=N)N)CC3)n2Cc2nnc(-c3ccc(Cl)c(Cl)c3)o2)n(C)c1=O. The first kappa shape index (κ1) is 25.8. The van der Waals surface area contributed by atoms with Gasteiger partial charge in [-0.3, -0.25) is 23.9 Å². The minimum atomic E-state index is -0.484. The molecule has 5 rings (SSSR count). The van der Waals surface area contributed by atoms with Crippen molar-refractivity contribution >= 4 is 46.3 Å². The van der Waals surface area contributed by atoms with Crippen LogP contribution in [-0.4, -0.2) is 59.4 Å². The standard InChI is InChI=1S/C23H26Cl2N10O3/c1-32-18-17(20(36)33(2)23(32)37)35(22(29-18)28-10-12-5-7-34(8-6-12)21(26)27)11-16-30-31-19(38-16)13-3-4-14(24)15(25)9-13/h3-4,9,12H,5-8,10-11H2,1-2H3,(H3,26,27)(H,28,29). The summed E-state index contributed by atoms with van der Waals surface area (Å²) in [6.45, 7) is 2.03. The van der Waals surface area contributed by atoms with Crippen LogP contribution in [0.1, 0.15) is 18.7 Å². The summed E-state index contributed by atoms with van der Waals surface area (Å²) < 4.78 is 9.90. The summed E-state index contributed by atoms with van der Waals surface area (Å²) in [4.78, 5) is 32.1. The van der Waals surface area contributed by atoms with E-state index in [1.807, 2.05) is 4.90 Å². The first-order valence-electron chi connectivity index (χ1n) is 11.9. The number of rotatable bonds is 6. The molecule has 0 radical (unpaired) electrons. The fourth-order valence-corrected chi connectivity index (χ4v) is 4.85. The van der Waals surface area contributed by atoms with Crippen molar-refractivity contribution in [3.8, 4) is 11.5 Å². The summed E-state index contributed by atoms with van der Waals surface area (Å²) in [5.41, 5.74) is 5.73. The molecule has 0 atom stereocenters. The zero-order valence-electron chi connectivity index (χ0n) is 20.7. The monoisotopic (exact) mass is 560 g/mol. The number of likely N-dealkylation sites (tertiary alicyclic amines) is 1. The lowest BCUT2D eigenvalue weighted by Gasteiger charge is -2.32. The molecule has 1 saturated heterocycles. The number of nitrogens with two attached hydrogens (primary N) is 1. The van der Waals surface area contributed by atoms with E-state index in [0.29, 0.717) is 47.1 Å². The smallest absolute Gasteiger partial charge is 0.332 e. The maximum absolute atomic E-state index is 13.2.